The van der Waals surface area contributed by atoms with Gasteiger partial charge in [0.1, 0.15) is 0 Å². The minimum absolute atomic E-state index is 0.00594. The third kappa shape index (κ3) is 3.76. The van der Waals surface area contributed by atoms with E-state index in [0.717, 1.165) is 44.5 Å². The van der Waals surface area contributed by atoms with E-state index in [1.165, 1.54) is 5.71 Å². The molecule has 1 saturated heterocycles. The molecule has 1 fully saturated rings. The van der Waals surface area contributed by atoms with Crippen LogP contribution in [0.15, 0.2) is 23.3 Å². The molecule has 0 aromatic heterocycles. The molecular weight excluding hydrogens is 320 g/mol. The van der Waals surface area contributed by atoms with E-state index in [-0.39, 0.29) is 22.6 Å². The molecule has 0 aliphatic carbocycles. The van der Waals surface area contributed by atoms with Gasteiger partial charge in [0.15, 0.2) is 5.75 Å². The number of ether oxygens (including phenoxy) is 1. The Balaban J connectivity index is 1.81. The molecule has 0 spiro atoms. The lowest BCUT2D eigenvalue weighted by molar-refractivity contribution is -0.385. The van der Waals surface area contributed by atoms with Gasteiger partial charge in [-0.1, -0.05) is 19.9 Å². The van der Waals surface area contributed by atoms with Crippen molar-refractivity contribution in [2.75, 3.05) is 26.2 Å². The van der Waals surface area contributed by atoms with Gasteiger partial charge in [-0.25, -0.2) is 0 Å². The van der Waals surface area contributed by atoms with Crippen molar-refractivity contribution in [1.82, 2.24) is 10.3 Å². The monoisotopic (exact) mass is 346 g/mol. The highest BCUT2D eigenvalue weighted by Crippen LogP contribution is 2.36. The van der Waals surface area contributed by atoms with Crippen LogP contribution >= 0.6 is 0 Å². The van der Waals surface area contributed by atoms with Crippen LogP contribution in [0.25, 0.3) is 0 Å². The number of likely N-dealkylation sites (tertiary alicyclic amines) is 1. The van der Waals surface area contributed by atoms with Gasteiger partial charge in [-0.3, -0.25) is 10.1 Å². The predicted molar refractivity (Wildman–Crippen MR) is 97.0 cm³/mol. The maximum absolute atomic E-state index is 11.4. The number of piperidine rings is 1. The Morgan fingerprint density at radius 3 is 2.96 bits per heavy atom. The van der Waals surface area contributed by atoms with E-state index in [9.17, 15) is 10.1 Å². The van der Waals surface area contributed by atoms with Gasteiger partial charge in [0.2, 0.25) is 0 Å². The summed E-state index contributed by atoms with van der Waals surface area (Å²) in [5.41, 5.74) is 5.32. The van der Waals surface area contributed by atoms with Crippen LogP contribution in [-0.2, 0) is 0 Å². The van der Waals surface area contributed by atoms with Crippen LogP contribution in [0.1, 0.15) is 44.7 Å². The number of rotatable bonds is 7. The Morgan fingerprint density at radius 1 is 1.40 bits per heavy atom. The lowest BCUT2D eigenvalue weighted by Crippen LogP contribution is -2.42. The zero-order chi connectivity index (χ0) is 17.8. The fourth-order valence-corrected chi connectivity index (χ4v) is 3.64. The SMILES string of the molecule is CCCOc1ccc(C2NN=C3CCN(CCC)CC32)cc1[N+](=O)[O-]. The van der Waals surface area contributed by atoms with Crippen molar-refractivity contribution >= 4 is 11.4 Å². The van der Waals surface area contributed by atoms with Crippen molar-refractivity contribution in [2.45, 2.75) is 39.2 Å². The largest absolute Gasteiger partial charge is 0.487 e. The second-order valence-electron chi connectivity index (χ2n) is 6.70. The summed E-state index contributed by atoms with van der Waals surface area (Å²) in [4.78, 5) is 13.5. The van der Waals surface area contributed by atoms with E-state index in [2.05, 4.69) is 22.4 Å². The molecule has 3 rings (SSSR count). The van der Waals surface area contributed by atoms with E-state index in [4.69, 9.17) is 4.74 Å². The average Bonchev–Trinajstić information content (AvgIpc) is 3.03. The van der Waals surface area contributed by atoms with Gasteiger partial charge >= 0.3 is 5.69 Å². The molecule has 136 valence electrons. The number of fused-ring (bicyclic) bond motifs is 1. The average molecular weight is 346 g/mol. The lowest BCUT2D eigenvalue weighted by Gasteiger charge is -2.33. The molecule has 0 radical (unpaired) electrons. The molecule has 2 atom stereocenters. The van der Waals surface area contributed by atoms with E-state index in [0.29, 0.717) is 12.4 Å². The van der Waals surface area contributed by atoms with Crippen molar-refractivity contribution in [1.29, 1.82) is 0 Å². The van der Waals surface area contributed by atoms with Crippen LogP contribution in [0, 0.1) is 16.0 Å². The highest BCUT2D eigenvalue weighted by molar-refractivity contribution is 5.90. The van der Waals surface area contributed by atoms with Crippen LogP contribution in [-0.4, -0.2) is 41.8 Å². The van der Waals surface area contributed by atoms with Gasteiger partial charge in [0.25, 0.3) is 0 Å². The molecule has 0 saturated carbocycles. The zero-order valence-electron chi connectivity index (χ0n) is 14.9. The van der Waals surface area contributed by atoms with Gasteiger partial charge in [0.05, 0.1) is 17.6 Å². The van der Waals surface area contributed by atoms with Gasteiger partial charge in [-0.15, -0.1) is 0 Å². The number of nitro benzene ring substituents is 1. The van der Waals surface area contributed by atoms with E-state index in [1.807, 2.05) is 13.0 Å². The van der Waals surface area contributed by atoms with Crippen LogP contribution < -0.4 is 10.2 Å². The number of benzene rings is 1. The molecule has 0 amide bonds. The van der Waals surface area contributed by atoms with E-state index < -0.39 is 0 Å². The van der Waals surface area contributed by atoms with Crippen molar-refractivity contribution in [3.05, 3.63) is 33.9 Å². The molecule has 1 aromatic rings. The number of nitro groups is 1. The Bertz CT molecular complexity index is 662. The summed E-state index contributed by atoms with van der Waals surface area (Å²) in [6.07, 6.45) is 2.91. The van der Waals surface area contributed by atoms with Gasteiger partial charge in [0, 0.05) is 37.2 Å². The second kappa shape index (κ2) is 7.82. The standard InChI is InChI=1S/C18H26N4O3/c1-3-8-21-9-7-15-14(12-21)18(20-19-15)13-5-6-17(25-10-4-2)16(11-13)22(23)24/h5-6,11,14,18,20H,3-4,7-10,12H2,1-2H3. The minimum atomic E-state index is -0.366. The summed E-state index contributed by atoms with van der Waals surface area (Å²) in [7, 11) is 0. The Labute approximate surface area is 148 Å². The van der Waals surface area contributed by atoms with Crippen LogP contribution in [0.5, 0.6) is 5.75 Å². The van der Waals surface area contributed by atoms with Gasteiger partial charge in [-0.05, 0) is 31.0 Å². The maximum atomic E-state index is 11.4. The summed E-state index contributed by atoms with van der Waals surface area (Å²) in [5, 5.41) is 15.9. The van der Waals surface area contributed by atoms with Gasteiger partial charge < -0.3 is 15.1 Å². The molecule has 2 aliphatic rings. The quantitative estimate of drug-likeness (QED) is 0.606. The third-order valence-corrected chi connectivity index (χ3v) is 4.86. The first-order valence-electron chi connectivity index (χ1n) is 9.09. The molecule has 1 aromatic carbocycles. The smallest absolute Gasteiger partial charge is 0.311 e. The van der Waals surface area contributed by atoms with Gasteiger partial charge in [-0.2, -0.15) is 5.10 Å². The fourth-order valence-electron chi connectivity index (χ4n) is 3.64. The van der Waals surface area contributed by atoms with Crippen LogP contribution in [0.3, 0.4) is 0 Å². The molecule has 0 bridgehead atoms. The van der Waals surface area contributed by atoms with Crippen LogP contribution in [0.4, 0.5) is 5.69 Å². The molecule has 1 N–H and O–H groups in total. The molecular formula is C18H26N4O3. The number of hydrogen-bond donors (Lipinski definition) is 1. The third-order valence-electron chi connectivity index (χ3n) is 4.86. The Hall–Kier alpha value is -2.15. The topological polar surface area (TPSA) is 80.0 Å². The Morgan fingerprint density at radius 2 is 2.24 bits per heavy atom. The number of nitrogens with one attached hydrogen (secondary N) is 1. The van der Waals surface area contributed by atoms with E-state index in [1.54, 1.807) is 12.1 Å². The molecule has 2 heterocycles. The first-order valence-corrected chi connectivity index (χ1v) is 9.09. The van der Waals surface area contributed by atoms with Crippen LogP contribution in [0.2, 0.25) is 0 Å². The summed E-state index contributed by atoms with van der Waals surface area (Å²) in [6.45, 7) is 7.72. The zero-order valence-corrected chi connectivity index (χ0v) is 14.9. The second-order valence-corrected chi connectivity index (χ2v) is 6.70. The first kappa shape index (κ1) is 17.7. The lowest BCUT2D eigenvalue weighted by atomic mass is 9.86. The number of nitrogens with zero attached hydrogens (tertiary/aromatic N) is 3. The number of hydrogen-bond acceptors (Lipinski definition) is 6. The Kier molecular flexibility index (Phi) is 5.53. The van der Waals surface area contributed by atoms with Crippen molar-refractivity contribution < 1.29 is 9.66 Å². The fraction of sp³-hybridized carbons (Fsp3) is 0.611. The normalized spacial score (nSPS) is 22.9. The molecule has 7 heteroatoms. The van der Waals surface area contributed by atoms with Crippen molar-refractivity contribution in [3.63, 3.8) is 0 Å². The molecule has 7 nitrogen and oxygen atoms in total. The first-order chi connectivity index (χ1) is 12.1. The van der Waals surface area contributed by atoms with E-state index >= 15 is 0 Å². The summed E-state index contributed by atoms with van der Waals surface area (Å²) in [5.74, 6) is 0.619. The summed E-state index contributed by atoms with van der Waals surface area (Å²) < 4.78 is 5.52. The van der Waals surface area contributed by atoms with Crippen molar-refractivity contribution in [3.8, 4) is 5.75 Å². The maximum Gasteiger partial charge on any atom is 0.311 e. The minimum Gasteiger partial charge on any atom is -0.487 e. The highest BCUT2D eigenvalue weighted by atomic mass is 16.6. The molecule has 2 unspecified atom stereocenters. The molecule has 25 heavy (non-hydrogen) atoms. The molecule has 2 aliphatic heterocycles. The predicted octanol–water partition coefficient (Wildman–Crippen LogP) is 3.12. The number of hydrazone groups is 1. The highest BCUT2D eigenvalue weighted by Gasteiger charge is 2.37. The summed E-state index contributed by atoms with van der Waals surface area (Å²) in [6, 6.07) is 5.27. The summed E-state index contributed by atoms with van der Waals surface area (Å²) >= 11 is 0. The van der Waals surface area contributed by atoms with Crippen molar-refractivity contribution in [2.24, 2.45) is 11.0 Å².